The lowest BCUT2D eigenvalue weighted by atomic mass is 10.3. The molecule has 1 amide bonds. The number of aromatic nitrogens is 1. The molecule has 0 fully saturated rings. The summed E-state index contributed by atoms with van der Waals surface area (Å²) in [6.07, 6.45) is 0. The molecule has 0 unspecified atom stereocenters. The van der Waals surface area contributed by atoms with Gasteiger partial charge >= 0.3 is 0 Å². The Hall–Kier alpha value is -1.78. The average molecular weight is 182 g/mol. The van der Waals surface area contributed by atoms with E-state index < -0.39 is 5.91 Å². The Morgan fingerprint density at radius 2 is 2.08 bits per heavy atom. The van der Waals surface area contributed by atoms with E-state index in [4.69, 9.17) is 15.2 Å². The molecule has 1 rings (SSSR count). The molecule has 0 saturated carbocycles. The van der Waals surface area contributed by atoms with Crippen LogP contribution in [0.1, 0.15) is 10.5 Å². The molecule has 1 heterocycles. The molecule has 0 aliphatic rings. The van der Waals surface area contributed by atoms with E-state index in [1.807, 2.05) is 0 Å². The van der Waals surface area contributed by atoms with E-state index >= 15 is 0 Å². The number of hydrogen-bond acceptors (Lipinski definition) is 4. The van der Waals surface area contributed by atoms with E-state index in [2.05, 4.69) is 4.98 Å². The number of amides is 1. The Morgan fingerprint density at radius 1 is 1.38 bits per heavy atom. The third-order valence-electron chi connectivity index (χ3n) is 1.49. The van der Waals surface area contributed by atoms with Crippen LogP contribution in [-0.4, -0.2) is 25.1 Å². The second-order valence-electron chi connectivity index (χ2n) is 2.27. The van der Waals surface area contributed by atoms with Crippen molar-refractivity contribution in [2.45, 2.75) is 0 Å². The van der Waals surface area contributed by atoms with Crippen LogP contribution in [0.25, 0.3) is 0 Å². The number of pyridine rings is 1. The summed E-state index contributed by atoms with van der Waals surface area (Å²) in [5, 5.41) is 0. The van der Waals surface area contributed by atoms with Crippen molar-refractivity contribution in [3.05, 3.63) is 17.8 Å². The molecule has 70 valence electrons. The van der Waals surface area contributed by atoms with Crippen molar-refractivity contribution in [2.24, 2.45) is 5.73 Å². The molecule has 0 radical (unpaired) electrons. The van der Waals surface area contributed by atoms with Crippen molar-refractivity contribution in [1.82, 2.24) is 4.98 Å². The van der Waals surface area contributed by atoms with Crippen LogP contribution in [0.2, 0.25) is 0 Å². The Balaban J connectivity index is 3.13. The standard InChI is InChI=1S/C8H10N2O3/c1-12-6-4-3-5(7(9)11)10-8(6)13-2/h3-4H,1-2H3,(H2,9,11). The first-order valence-electron chi connectivity index (χ1n) is 3.58. The topological polar surface area (TPSA) is 74.4 Å². The fourth-order valence-electron chi connectivity index (χ4n) is 0.866. The molecule has 0 atom stereocenters. The van der Waals surface area contributed by atoms with Gasteiger partial charge in [-0.05, 0) is 12.1 Å². The Morgan fingerprint density at radius 3 is 2.54 bits per heavy atom. The lowest BCUT2D eigenvalue weighted by Gasteiger charge is -2.06. The van der Waals surface area contributed by atoms with Crippen molar-refractivity contribution >= 4 is 5.91 Å². The minimum Gasteiger partial charge on any atom is -0.491 e. The molecular weight excluding hydrogens is 172 g/mol. The van der Waals surface area contributed by atoms with Crippen LogP contribution in [0, 0.1) is 0 Å². The number of methoxy groups -OCH3 is 2. The van der Waals surface area contributed by atoms with Crippen LogP contribution < -0.4 is 15.2 Å². The largest absolute Gasteiger partial charge is 0.491 e. The summed E-state index contributed by atoms with van der Waals surface area (Å²) in [6.45, 7) is 0. The van der Waals surface area contributed by atoms with Gasteiger partial charge in [-0.1, -0.05) is 0 Å². The van der Waals surface area contributed by atoms with E-state index in [0.29, 0.717) is 5.75 Å². The van der Waals surface area contributed by atoms with Crippen LogP contribution in [0.15, 0.2) is 12.1 Å². The summed E-state index contributed by atoms with van der Waals surface area (Å²) in [5.74, 6) is 0.118. The Labute approximate surface area is 75.5 Å². The number of primary amides is 1. The smallest absolute Gasteiger partial charge is 0.267 e. The zero-order chi connectivity index (χ0) is 9.84. The number of carbonyl (C=O) groups excluding carboxylic acids is 1. The highest BCUT2D eigenvalue weighted by molar-refractivity contribution is 5.91. The van der Waals surface area contributed by atoms with Crippen LogP contribution in [0.3, 0.4) is 0 Å². The van der Waals surface area contributed by atoms with E-state index in [9.17, 15) is 4.79 Å². The van der Waals surface area contributed by atoms with Crippen molar-refractivity contribution in [3.63, 3.8) is 0 Å². The SMILES string of the molecule is COc1ccc(C(N)=O)nc1OC. The summed E-state index contributed by atoms with van der Waals surface area (Å²) in [7, 11) is 2.93. The van der Waals surface area contributed by atoms with E-state index in [0.717, 1.165) is 0 Å². The molecule has 2 N–H and O–H groups in total. The zero-order valence-corrected chi connectivity index (χ0v) is 7.40. The van der Waals surface area contributed by atoms with Crippen LogP contribution in [0.5, 0.6) is 11.6 Å². The van der Waals surface area contributed by atoms with Crippen LogP contribution >= 0.6 is 0 Å². The summed E-state index contributed by atoms with van der Waals surface area (Å²) in [5.41, 5.74) is 5.18. The summed E-state index contributed by atoms with van der Waals surface area (Å²) in [6, 6.07) is 3.05. The van der Waals surface area contributed by atoms with Gasteiger partial charge in [-0.25, -0.2) is 4.98 Å². The highest BCUT2D eigenvalue weighted by atomic mass is 16.5. The molecule has 1 aromatic heterocycles. The predicted molar refractivity (Wildman–Crippen MR) is 45.9 cm³/mol. The molecule has 1 aromatic rings. The van der Waals surface area contributed by atoms with Gasteiger partial charge in [-0.15, -0.1) is 0 Å². The van der Waals surface area contributed by atoms with Crippen molar-refractivity contribution in [2.75, 3.05) is 14.2 Å². The van der Waals surface area contributed by atoms with Gasteiger partial charge in [-0.3, -0.25) is 4.79 Å². The first-order chi connectivity index (χ1) is 6.19. The van der Waals surface area contributed by atoms with Gasteiger partial charge < -0.3 is 15.2 Å². The maximum atomic E-state index is 10.7. The quantitative estimate of drug-likeness (QED) is 0.724. The second kappa shape index (κ2) is 3.75. The first kappa shape index (κ1) is 9.31. The van der Waals surface area contributed by atoms with Crippen LogP contribution in [0.4, 0.5) is 0 Å². The fraction of sp³-hybridized carbons (Fsp3) is 0.250. The zero-order valence-electron chi connectivity index (χ0n) is 7.40. The molecule has 0 aliphatic carbocycles. The van der Waals surface area contributed by atoms with E-state index in [-0.39, 0.29) is 11.6 Å². The molecule has 0 bridgehead atoms. The number of carbonyl (C=O) groups is 1. The van der Waals surface area contributed by atoms with Gasteiger partial charge in [0.1, 0.15) is 5.69 Å². The predicted octanol–water partition coefficient (Wildman–Crippen LogP) is 0.198. The summed E-state index contributed by atoms with van der Waals surface area (Å²) >= 11 is 0. The third-order valence-corrected chi connectivity index (χ3v) is 1.49. The van der Waals surface area contributed by atoms with Gasteiger partial charge in [0.15, 0.2) is 5.75 Å². The molecule has 13 heavy (non-hydrogen) atoms. The van der Waals surface area contributed by atoms with Gasteiger partial charge in [0, 0.05) is 0 Å². The van der Waals surface area contributed by atoms with Gasteiger partial charge in [0.25, 0.3) is 11.8 Å². The van der Waals surface area contributed by atoms with E-state index in [1.54, 1.807) is 6.07 Å². The number of hydrogen-bond donors (Lipinski definition) is 1. The van der Waals surface area contributed by atoms with Crippen molar-refractivity contribution in [3.8, 4) is 11.6 Å². The number of rotatable bonds is 3. The van der Waals surface area contributed by atoms with Crippen LogP contribution in [-0.2, 0) is 0 Å². The first-order valence-corrected chi connectivity index (χ1v) is 3.58. The van der Waals surface area contributed by atoms with E-state index in [1.165, 1.54) is 20.3 Å². The molecule has 0 saturated heterocycles. The lowest BCUT2D eigenvalue weighted by molar-refractivity contribution is 0.0994. The summed E-state index contributed by atoms with van der Waals surface area (Å²) < 4.78 is 9.81. The number of nitrogens with zero attached hydrogens (tertiary/aromatic N) is 1. The molecule has 5 heteroatoms. The molecule has 0 spiro atoms. The third kappa shape index (κ3) is 1.87. The highest BCUT2D eigenvalue weighted by Crippen LogP contribution is 2.23. The van der Waals surface area contributed by atoms with Gasteiger partial charge in [-0.2, -0.15) is 0 Å². The van der Waals surface area contributed by atoms with Crippen molar-refractivity contribution < 1.29 is 14.3 Å². The molecule has 0 aromatic carbocycles. The Kier molecular flexibility index (Phi) is 2.69. The monoisotopic (exact) mass is 182 g/mol. The van der Waals surface area contributed by atoms with Gasteiger partial charge in [0.05, 0.1) is 14.2 Å². The normalized spacial score (nSPS) is 9.38. The summed E-state index contributed by atoms with van der Waals surface area (Å²) in [4.78, 5) is 14.6. The number of nitrogens with two attached hydrogens (primary N) is 1. The maximum absolute atomic E-state index is 10.7. The molecule has 5 nitrogen and oxygen atoms in total. The Bertz CT molecular complexity index is 325. The van der Waals surface area contributed by atoms with Gasteiger partial charge in [0.2, 0.25) is 0 Å². The number of ether oxygens (including phenoxy) is 2. The van der Waals surface area contributed by atoms with Crippen molar-refractivity contribution in [1.29, 1.82) is 0 Å². The average Bonchev–Trinajstić information content (AvgIpc) is 2.16. The molecular formula is C8H10N2O3. The minimum atomic E-state index is -0.596. The lowest BCUT2D eigenvalue weighted by Crippen LogP contribution is -2.13. The molecule has 0 aliphatic heterocycles. The maximum Gasteiger partial charge on any atom is 0.267 e. The second-order valence-corrected chi connectivity index (χ2v) is 2.27. The highest BCUT2D eigenvalue weighted by Gasteiger charge is 2.08. The fourth-order valence-corrected chi connectivity index (χ4v) is 0.866. The minimum absolute atomic E-state index is 0.151.